The largest absolute Gasteiger partial charge is 0.449 e. The van der Waals surface area contributed by atoms with E-state index in [-0.39, 0.29) is 6.09 Å². The fourth-order valence-corrected chi connectivity index (χ4v) is 4.15. The Balaban J connectivity index is 1.19. The number of piperidine rings is 1. The highest BCUT2D eigenvalue weighted by molar-refractivity contribution is 5.84. The molecule has 0 saturated carbocycles. The van der Waals surface area contributed by atoms with Gasteiger partial charge in [-0.25, -0.2) is 4.79 Å². The lowest BCUT2D eigenvalue weighted by Gasteiger charge is -2.35. The molecule has 0 atom stereocenters. The van der Waals surface area contributed by atoms with E-state index in [0.717, 1.165) is 31.6 Å². The molecule has 1 saturated heterocycles. The van der Waals surface area contributed by atoms with E-state index in [2.05, 4.69) is 34.5 Å². The second-order valence-electron chi connectivity index (χ2n) is 7.40. The van der Waals surface area contributed by atoms with Gasteiger partial charge >= 0.3 is 6.09 Å². The van der Waals surface area contributed by atoms with Crippen LogP contribution in [0.3, 0.4) is 0 Å². The zero-order valence-corrected chi connectivity index (χ0v) is 15.1. The molecule has 136 valence electrons. The first-order valence-electron chi connectivity index (χ1n) is 9.57. The lowest BCUT2D eigenvalue weighted by Crippen LogP contribution is -2.42. The molecule has 4 rings (SSSR count). The van der Waals surface area contributed by atoms with Crippen molar-refractivity contribution in [2.24, 2.45) is 5.92 Å². The number of amides is 1. The number of carbonyl (C=O) groups is 1. The Morgan fingerprint density at radius 1 is 0.962 bits per heavy atom. The summed E-state index contributed by atoms with van der Waals surface area (Å²) < 4.78 is 5.43. The van der Waals surface area contributed by atoms with Gasteiger partial charge in [0.2, 0.25) is 0 Å². The number of nitrogens with one attached hydrogen (secondary N) is 1. The number of likely N-dealkylation sites (tertiary alicyclic amines) is 1. The van der Waals surface area contributed by atoms with E-state index < -0.39 is 0 Å². The van der Waals surface area contributed by atoms with Crippen LogP contribution < -0.4 is 5.32 Å². The number of para-hydroxylation sites is 1. The van der Waals surface area contributed by atoms with Crippen molar-refractivity contribution >= 4 is 11.8 Å². The van der Waals surface area contributed by atoms with Gasteiger partial charge in [-0.2, -0.15) is 0 Å². The van der Waals surface area contributed by atoms with Crippen molar-refractivity contribution in [1.29, 1.82) is 0 Å². The topological polar surface area (TPSA) is 41.6 Å². The number of ether oxygens (including phenoxy) is 1. The zero-order chi connectivity index (χ0) is 17.8. The van der Waals surface area contributed by atoms with Crippen molar-refractivity contribution in [2.45, 2.75) is 31.7 Å². The first-order chi connectivity index (χ1) is 12.8. The Labute approximate surface area is 155 Å². The molecule has 4 nitrogen and oxygen atoms in total. The summed E-state index contributed by atoms with van der Waals surface area (Å²) in [6.45, 7) is 2.72. The Morgan fingerprint density at radius 2 is 1.58 bits per heavy atom. The molecule has 0 aromatic heterocycles. The lowest BCUT2D eigenvalue weighted by atomic mass is 9.96. The zero-order valence-electron chi connectivity index (χ0n) is 15.1. The highest BCUT2D eigenvalue weighted by Gasteiger charge is 2.30. The minimum absolute atomic E-state index is 0.357. The minimum atomic E-state index is -0.357. The molecule has 4 heteroatoms. The number of hydrogen-bond donors (Lipinski definition) is 1. The van der Waals surface area contributed by atoms with Crippen LogP contribution >= 0.6 is 0 Å². The molecule has 0 bridgehead atoms. The number of carbonyl (C=O) groups excluding carboxylic acids is 1. The second-order valence-corrected chi connectivity index (χ2v) is 7.40. The fourth-order valence-electron chi connectivity index (χ4n) is 4.15. The van der Waals surface area contributed by atoms with Gasteiger partial charge in [0.1, 0.15) is 0 Å². The molecule has 1 heterocycles. The number of nitrogens with zero attached hydrogens (tertiary/aromatic N) is 1. The number of fused-ring (bicyclic) bond motifs is 1. The highest BCUT2D eigenvalue weighted by atomic mass is 16.5. The van der Waals surface area contributed by atoms with E-state index in [1.807, 2.05) is 30.3 Å². The van der Waals surface area contributed by atoms with E-state index in [1.54, 1.807) is 0 Å². The van der Waals surface area contributed by atoms with Crippen LogP contribution in [0, 0.1) is 5.92 Å². The quantitative estimate of drug-likeness (QED) is 0.902. The summed E-state index contributed by atoms with van der Waals surface area (Å²) in [7, 11) is 0. The van der Waals surface area contributed by atoms with Gasteiger partial charge in [-0.05, 0) is 68.0 Å². The Kier molecular flexibility index (Phi) is 5.21. The maximum Gasteiger partial charge on any atom is 0.411 e. The third-order valence-corrected chi connectivity index (χ3v) is 5.67. The van der Waals surface area contributed by atoms with Crippen LogP contribution in [0.15, 0.2) is 54.6 Å². The van der Waals surface area contributed by atoms with Crippen molar-refractivity contribution in [3.63, 3.8) is 0 Å². The summed E-state index contributed by atoms with van der Waals surface area (Å²) in [6, 6.07) is 18.9. The van der Waals surface area contributed by atoms with Gasteiger partial charge in [0.15, 0.2) is 0 Å². The molecule has 1 amide bonds. The maximum absolute atomic E-state index is 11.9. The summed E-state index contributed by atoms with van der Waals surface area (Å²) in [5.74, 6) is 0.469. The summed E-state index contributed by atoms with van der Waals surface area (Å²) in [4.78, 5) is 14.5. The predicted molar refractivity (Wildman–Crippen MR) is 103 cm³/mol. The highest BCUT2D eigenvalue weighted by Crippen LogP contribution is 2.28. The molecule has 1 fully saturated rings. The third kappa shape index (κ3) is 4.07. The van der Waals surface area contributed by atoms with Gasteiger partial charge in [0, 0.05) is 11.7 Å². The number of rotatable bonds is 4. The average Bonchev–Trinajstić information content (AvgIpc) is 3.12. The molecule has 2 aromatic rings. The van der Waals surface area contributed by atoms with Crippen molar-refractivity contribution < 1.29 is 9.53 Å². The van der Waals surface area contributed by atoms with Crippen molar-refractivity contribution in [1.82, 2.24) is 4.90 Å². The van der Waals surface area contributed by atoms with Crippen LogP contribution in [-0.2, 0) is 17.6 Å². The second kappa shape index (κ2) is 7.92. The molecule has 1 N–H and O–H groups in total. The molecular formula is C22H26N2O2. The maximum atomic E-state index is 11.9. The van der Waals surface area contributed by atoms with Gasteiger partial charge < -0.3 is 4.74 Å². The Hall–Kier alpha value is -2.33. The van der Waals surface area contributed by atoms with Crippen LogP contribution in [0.5, 0.6) is 0 Å². The van der Waals surface area contributed by atoms with Crippen LogP contribution in [0.1, 0.15) is 24.0 Å². The molecule has 0 unspecified atom stereocenters. The summed E-state index contributed by atoms with van der Waals surface area (Å²) in [5, 5.41) is 2.77. The van der Waals surface area contributed by atoms with Gasteiger partial charge in [-0.1, -0.05) is 42.5 Å². The molecule has 0 radical (unpaired) electrons. The van der Waals surface area contributed by atoms with Gasteiger partial charge in [-0.3, -0.25) is 10.2 Å². The summed E-state index contributed by atoms with van der Waals surface area (Å²) in [5.41, 5.74) is 3.80. The predicted octanol–water partition coefficient (Wildman–Crippen LogP) is 4.11. The molecule has 1 aliphatic carbocycles. The minimum Gasteiger partial charge on any atom is -0.449 e. The van der Waals surface area contributed by atoms with Gasteiger partial charge in [0.25, 0.3) is 0 Å². The van der Waals surface area contributed by atoms with Crippen molar-refractivity contribution in [3.05, 3.63) is 65.7 Å². The standard InChI is InChI=1S/C22H26N2O2/c25-22(23-20-8-2-1-3-9-20)26-16-17-10-12-24(13-11-17)21-14-18-6-4-5-7-19(18)15-21/h1-9,17,21H,10-16H2,(H,23,25). The van der Waals surface area contributed by atoms with Gasteiger partial charge in [-0.15, -0.1) is 0 Å². The van der Waals surface area contributed by atoms with Crippen molar-refractivity contribution in [3.8, 4) is 0 Å². The third-order valence-electron chi connectivity index (χ3n) is 5.67. The first kappa shape index (κ1) is 17.1. The van der Waals surface area contributed by atoms with E-state index in [1.165, 1.54) is 24.0 Å². The molecule has 26 heavy (non-hydrogen) atoms. The number of anilines is 1. The first-order valence-corrected chi connectivity index (χ1v) is 9.57. The fraction of sp³-hybridized carbons (Fsp3) is 0.409. The van der Waals surface area contributed by atoms with Crippen LogP contribution in [0.4, 0.5) is 10.5 Å². The molecule has 2 aliphatic rings. The average molecular weight is 350 g/mol. The lowest BCUT2D eigenvalue weighted by molar-refractivity contribution is 0.0881. The van der Waals surface area contributed by atoms with Gasteiger partial charge in [0.05, 0.1) is 6.61 Å². The van der Waals surface area contributed by atoms with Crippen LogP contribution in [0.25, 0.3) is 0 Å². The molecular weight excluding hydrogens is 324 g/mol. The van der Waals surface area contributed by atoms with E-state index in [0.29, 0.717) is 18.6 Å². The Bertz CT molecular complexity index is 714. The van der Waals surface area contributed by atoms with E-state index >= 15 is 0 Å². The molecule has 1 aliphatic heterocycles. The normalized spacial score (nSPS) is 18.5. The number of benzene rings is 2. The Morgan fingerprint density at radius 3 is 2.23 bits per heavy atom. The smallest absolute Gasteiger partial charge is 0.411 e. The van der Waals surface area contributed by atoms with E-state index in [4.69, 9.17) is 4.74 Å². The van der Waals surface area contributed by atoms with E-state index in [9.17, 15) is 4.79 Å². The molecule has 2 aromatic carbocycles. The monoisotopic (exact) mass is 350 g/mol. The van der Waals surface area contributed by atoms with Crippen LogP contribution in [0.2, 0.25) is 0 Å². The van der Waals surface area contributed by atoms with Crippen LogP contribution in [-0.4, -0.2) is 36.7 Å². The van der Waals surface area contributed by atoms with Crippen molar-refractivity contribution in [2.75, 3.05) is 25.0 Å². The summed E-state index contributed by atoms with van der Waals surface area (Å²) in [6.07, 6.45) is 4.20. The SMILES string of the molecule is O=C(Nc1ccccc1)OCC1CCN(C2Cc3ccccc3C2)CC1. The summed E-state index contributed by atoms with van der Waals surface area (Å²) >= 11 is 0. The molecule has 0 spiro atoms. The number of hydrogen-bond acceptors (Lipinski definition) is 3.